The minimum atomic E-state index is -0.373. The second-order valence-corrected chi connectivity index (χ2v) is 6.13. The fraction of sp³-hybridized carbons (Fsp3) is 0.529. The third-order valence-corrected chi connectivity index (χ3v) is 4.59. The summed E-state index contributed by atoms with van der Waals surface area (Å²) in [6.45, 7) is 2.06. The zero-order valence-corrected chi connectivity index (χ0v) is 14.6. The van der Waals surface area contributed by atoms with E-state index in [4.69, 9.17) is 4.74 Å². The van der Waals surface area contributed by atoms with Gasteiger partial charge < -0.3 is 15.4 Å². The number of benzene rings is 1. The van der Waals surface area contributed by atoms with E-state index < -0.39 is 0 Å². The molecule has 2 heterocycles. The van der Waals surface area contributed by atoms with Crippen LogP contribution in [0.5, 0.6) is 5.75 Å². The van der Waals surface area contributed by atoms with Crippen molar-refractivity contribution in [1.82, 2.24) is 10.6 Å². The number of methoxy groups -OCH3 is 1. The number of amides is 2. The first-order valence-electron chi connectivity index (χ1n) is 8.16. The van der Waals surface area contributed by atoms with Gasteiger partial charge in [0.25, 0.3) is 0 Å². The summed E-state index contributed by atoms with van der Waals surface area (Å²) in [5.41, 5.74) is 2.07. The van der Waals surface area contributed by atoms with Gasteiger partial charge in [-0.25, -0.2) is 0 Å². The van der Waals surface area contributed by atoms with E-state index in [0.29, 0.717) is 18.8 Å². The smallest absolute Gasteiger partial charge is 0.249 e. The Morgan fingerprint density at radius 2 is 1.92 bits per heavy atom. The zero-order chi connectivity index (χ0) is 16.2. The molecule has 2 aliphatic heterocycles. The maximum Gasteiger partial charge on any atom is 0.249 e. The van der Waals surface area contributed by atoms with Crippen molar-refractivity contribution in [3.8, 4) is 5.75 Å². The number of ether oxygens (including phenoxy) is 1. The molecule has 0 spiro atoms. The number of hydrogen-bond acceptors (Lipinski definition) is 5. The molecule has 2 saturated heterocycles. The molecular weight excluding hydrogens is 330 g/mol. The van der Waals surface area contributed by atoms with Gasteiger partial charge in [-0.1, -0.05) is 6.07 Å². The van der Waals surface area contributed by atoms with Crippen LogP contribution in [0.3, 0.4) is 0 Å². The maximum absolute atomic E-state index is 11.8. The Labute approximate surface area is 148 Å². The molecule has 0 aromatic heterocycles. The van der Waals surface area contributed by atoms with Crippen LogP contribution in [0.1, 0.15) is 37.2 Å². The predicted octanol–water partition coefficient (Wildman–Crippen LogP) is 1.80. The van der Waals surface area contributed by atoms with Gasteiger partial charge in [-0.3, -0.25) is 14.9 Å². The van der Waals surface area contributed by atoms with E-state index in [1.165, 1.54) is 5.56 Å². The van der Waals surface area contributed by atoms with Crippen LogP contribution >= 0.6 is 12.4 Å². The number of hydrogen-bond donors (Lipinski definition) is 3. The van der Waals surface area contributed by atoms with Crippen LogP contribution in [0.4, 0.5) is 5.69 Å². The lowest BCUT2D eigenvalue weighted by molar-refractivity contribution is -0.133. The standard InChI is InChI=1S/C17H23N3O3.ClH/c1-23-15-10-12(19-14-4-5-16(21)20-17(14)22)2-3-13(15)11-6-8-18-9-7-11;/h2-3,10-11,14,18-19H,4-9H2,1H3,(H,20,21,22);1H. The highest BCUT2D eigenvalue weighted by atomic mass is 35.5. The molecule has 2 amide bonds. The van der Waals surface area contributed by atoms with Crippen molar-refractivity contribution in [3.05, 3.63) is 23.8 Å². The molecular formula is C17H24ClN3O3. The summed E-state index contributed by atoms with van der Waals surface area (Å²) in [7, 11) is 1.68. The number of piperidine rings is 2. The molecule has 3 N–H and O–H groups in total. The van der Waals surface area contributed by atoms with Crippen LogP contribution in [-0.2, 0) is 9.59 Å². The summed E-state index contributed by atoms with van der Waals surface area (Å²) in [5.74, 6) is 0.902. The number of halogens is 1. The van der Waals surface area contributed by atoms with E-state index in [1.807, 2.05) is 12.1 Å². The molecule has 0 saturated carbocycles. The molecule has 1 unspecified atom stereocenters. The highest BCUT2D eigenvalue weighted by Gasteiger charge is 2.27. The highest BCUT2D eigenvalue weighted by molar-refractivity contribution is 6.01. The van der Waals surface area contributed by atoms with Gasteiger partial charge in [-0.15, -0.1) is 12.4 Å². The summed E-state index contributed by atoms with van der Waals surface area (Å²) < 4.78 is 5.56. The topological polar surface area (TPSA) is 79.5 Å². The first-order chi connectivity index (χ1) is 11.2. The molecule has 7 heteroatoms. The van der Waals surface area contributed by atoms with E-state index in [0.717, 1.165) is 37.4 Å². The third-order valence-electron chi connectivity index (χ3n) is 4.59. The lowest BCUT2D eigenvalue weighted by atomic mass is 9.89. The van der Waals surface area contributed by atoms with Crippen molar-refractivity contribution in [2.24, 2.45) is 0 Å². The lowest BCUT2D eigenvalue weighted by Gasteiger charge is -2.26. The average Bonchev–Trinajstić information content (AvgIpc) is 2.58. The minimum Gasteiger partial charge on any atom is -0.496 e. The fourth-order valence-corrected chi connectivity index (χ4v) is 3.30. The molecule has 24 heavy (non-hydrogen) atoms. The van der Waals surface area contributed by atoms with Crippen molar-refractivity contribution in [1.29, 1.82) is 0 Å². The van der Waals surface area contributed by atoms with Crippen LogP contribution in [-0.4, -0.2) is 38.1 Å². The largest absolute Gasteiger partial charge is 0.496 e. The second-order valence-electron chi connectivity index (χ2n) is 6.13. The quantitative estimate of drug-likeness (QED) is 0.719. The predicted molar refractivity (Wildman–Crippen MR) is 94.9 cm³/mol. The van der Waals surface area contributed by atoms with Crippen LogP contribution in [0.2, 0.25) is 0 Å². The Morgan fingerprint density at radius 3 is 2.58 bits per heavy atom. The fourth-order valence-electron chi connectivity index (χ4n) is 3.30. The Kier molecular flexibility index (Phi) is 6.45. The van der Waals surface area contributed by atoms with Gasteiger partial charge in [-0.05, 0) is 49.9 Å². The van der Waals surface area contributed by atoms with Gasteiger partial charge in [0.15, 0.2) is 0 Å². The molecule has 0 bridgehead atoms. The first kappa shape index (κ1) is 18.5. The molecule has 2 fully saturated rings. The summed E-state index contributed by atoms with van der Waals surface area (Å²) in [6, 6.07) is 5.65. The normalized spacial score (nSPS) is 21.6. The molecule has 0 aliphatic carbocycles. The molecule has 6 nitrogen and oxygen atoms in total. The Balaban J connectivity index is 0.00000208. The van der Waals surface area contributed by atoms with E-state index in [9.17, 15) is 9.59 Å². The second kappa shape index (κ2) is 8.35. The van der Waals surface area contributed by atoms with Crippen molar-refractivity contribution in [2.45, 2.75) is 37.6 Å². The third kappa shape index (κ3) is 4.19. The molecule has 1 atom stereocenters. The van der Waals surface area contributed by atoms with E-state index in [-0.39, 0.29) is 30.3 Å². The number of carbonyl (C=O) groups is 2. The molecule has 2 aliphatic rings. The summed E-state index contributed by atoms with van der Waals surface area (Å²) >= 11 is 0. The Morgan fingerprint density at radius 1 is 1.17 bits per heavy atom. The molecule has 3 rings (SSSR count). The number of anilines is 1. The Hall–Kier alpha value is -1.79. The van der Waals surface area contributed by atoms with Crippen LogP contribution in [0, 0.1) is 0 Å². The van der Waals surface area contributed by atoms with Crippen LogP contribution < -0.4 is 20.7 Å². The van der Waals surface area contributed by atoms with Crippen LogP contribution in [0.15, 0.2) is 18.2 Å². The van der Waals surface area contributed by atoms with Crippen LogP contribution in [0.25, 0.3) is 0 Å². The summed E-state index contributed by atoms with van der Waals surface area (Å²) in [5, 5.41) is 8.93. The monoisotopic (exact) mass is 353 g/mol. The maximum atomic E-state index is 11.8. The van der Waals surface area contributed by atoms with E-state index >= 15 is 0 Å². The van der Waals surface area contributed by atoms with E-state index in [2.05, 4.69) is 22.0 Å². The van der Waals surface area contributed by atoms with Gasteiger partial charge in [0.1, 0.15) is 11.8 Å². The van der Waals surface area contributed by atoms with Gasteiger partial charge >= 0.3 is 0 Å². The molecule has 0 radical (unpaired) electrons. The number of nitrogens with one attached hydrogen (secondary N) is 3. The van der Waals surface area contributed by atoms with Crippen molar-refractivity contribution >= 4 is 29.9 Å². The van der Waals surface area contributed by atoms with Gasteiger partial charge in [0.2, 0.25) is 11.8 Å². The lowest BCUT2D eigenvalue weighted by Crippen LogP contribution is -2.47. The first-order valence-corrected chi connectivity index (χ1v) is 8.16. The number of carbonyl (C=O) groups excluding carboxylic acids is 2. The number of imide groups is 1. The van der Waals surface area contributed by atoms with Gasteiger partial charge in [0, 0.05) is 18.2 Å². The Bertz CT molecular complexity index is 603. The molecule has 1 aromatic rings. The SMILES string of the molecule is COc1cc(NC2CCC(=O)NC2=O)ccc1C1CCNCC1.Cl. The van der Waals surface area contributed by atoms with Gasteiger partial charge in [-0.2, -0.15) is 0 Å². The van der Waals surface area contributed by atoms with E-state index in [1.54, 1.807) is 7.11 Å². The summed E-state index contributed by atoms with van der Waals surface area (Å²) in [6.07, 6.45) is 3.10. The number of rotatable bonds is 4. The highest BCUT2D eigenvalue weighted by Crippen LogP contribution is 2.34. The summed E-state index contributed by atoms with van der Waals surface area (Å²) in [4.78, 5) is 23.1. The van der Waals surface area contributed by atoms with Gasteiger partial charge in [0.05, 0.1) is 7.11 Å². The van der Waals surface area contributed by atoms with Crippen molar-refractivity contribution < 1.29 is 14.3 Å². The minimum absolute atomic E-state index is 0. The average molecular weight is 354 g/mol. The molecule has 132 valence electrons. The van der Waals surface area contributed by atoms with Crippen molar-refractivity contribution in [2.75, 3.05) is 25.5 Å². The molecule has 1 aromatic carbocycles. The zero-order valence-electron chi connectivity index (χ0n) is 13.8. The van der Waals surface area contributed by atoms with Crippen molar-refractivity contribution in [3.63, 3.8) is 0 Å².